The van der Waals surface area contributed by atoms with Crippen LogP contribution in [0.2, 0.25) is 0 Å². The molecule has 0 radical (unpaired) electrons. The van der Waals surface area contributed by atoms with Crippen LogP contribution in [0.15, 0.2) is 48.7 Å². The van der Waals surface area contributed by atoms with Crippen molar-refractivity contribution in [3.05, 3.63) is 59.9 Å². The second-order valence-corrected chi connectivity index (χ2v) is 6.05. The maximum absolute atomic E-state index is 12.1. The van der Waals surface area contributed by atoms with Gasteiger partial charge in [0.05, 0.1) is 18.3 Å². The Morgan fingerprint density at radius 2 is 1.88 bits per heavy atom. The minimum absolute atomic E-state index is 0.294. The molecule has 4 rings (SSSR count). The number of methoxy groups -OCH3 is 1. The van der Waals surface area contributed by atoms with E-state index < -0.39 is 5.97 Å². The number of aryl methyl sites for hydroxylation is 2. The second kappa shape index (κ2) is 5.70. The van der Waals surface area contributed by atoms with E-state index in [4.69, 9.17) is 4.74 Å². The molecule has 0 aliphatic rings. The molecule has 0 saturated heterocycles. The fourth-order valence-corrected chi connectivity index (χ4v) is 3.22. The zero-order valence-electron chi connectivity index (χ0n) is 14.3. The van der Waals surface area contributed by atoms with E-state index in [-0.39, 0.29) is 0 Å². The van der Waals surface area contributed by atoms with Gasteiger partial charge in [0, 0.05) is 29.6 Å². The molecular formula is C20H17N3O2. The number of carbonyl (C=O) groups excluding carboxylic acids is 1. The van der Waals surface area contributed by atoms with E-state index in [9.17, 15) is 4.79 Å². The number of nitrogens with zero attached hydrogens (tertiary/aromatic N) is 3. The lowest BCUT2D eigenvalue weighted by molar-refractivity contribution is 0.0594. The first-order valence-electron chi connectivity index (χ1n) is 7.99. The molecular weight excluding hydrogens is 314 g/mol. The summed E-state index contributed by atoms with van der Waals surface area (Å²) in [7, 11) is 3.34. The van der Waals surface area contributed by atoms with E-state index in [1.54, 1.807) is 6.07 Å². The number of rotatable bonds is 2. The van der Waals surface area contributed by atoms with Gasteiger partial charge in [0.2, 0.25) is 0 Å². The SMILES string of the molecule is COC(=O)c1cc2c3cc(C)cnc3n(C)c2c(-c2ccccc2)n1. The molecule has 0 atom stereocenters. The number of pyridine rings is 2. The molecule has 5 nitrogen and oxygen atoms in total. The number of benzene rings is 1. The minimum atomic E-state index is -0.448. The van der Waals surface area contributed by atoms with Crippen LogP contribution in [-0.2, 0) is 11.8 Å². The van der Waals surface area contributed by atoms with Crippen molar-refractivity contribution in [1.29, 1.82) is 0 Å². The maximum atomic E-state index is 12.1. The first-order valence-corrected chi connectivity index (χ1v) is 7.99. The molecule has 1 aromatic carbocycles. The Bertz CT molecular complexity index is 1110. The number of hydrogen-bond donors (Lipinski definition) is 0. The molecule has 0 bridgehead atoms. The Balaban J connectivity index is 2.19. The molecule has 25 heavy (non-hydrogen) atoms. The van der Waals surface area contributed by atoms with E-state index in [1.165, 1.54) is 7.11 Å². The van der Waals surface area contributed by atoms with Crippen molar-refractivity contribution in [2.75, 3.05) is 7.11 Å². The number of esters is 1. The Morgan fingerprint density at radius 1 is 1.12 bits per heavy atom. The largest absolute Gasteiger partial charge is 0.464 e. The van der Waals surface area contributed by atoms with Crippen molar-refractivity contribution in [3.8, 4) is 11.3 Å². The zero-order valence-corrected chi connectivity index (χ0v) is 14.3. The average Bonchev–Trinajstić information content (AvgIpc) is 2.93. The van der Waals surface area contributed by atoms with Gasteiger partial charge in [-0.2, -0.15) is 0 Å². The number of aromatic nitrogens is 3. The Labute approximate surface area is 144 Å². The van der Waals surface area contributed by atoms with Crippen molar-refractivity contribution >= 4 is 27.9 Å². The van der Waals surface area contributed by atoms with Crippen LogP contribution >= 0.6 is 0 Å². The zero-order chi connectivity index (χ0) is 17.6. The summed E-state index contributed by atoms with van der Waals surface area (Å²) in [5.74, 6) is -0.448. The van der Waals surface area contributed by atoms with Gasteiger partial charge in [-0.25, -0.2) is 14.8 Å². The molecule has 0 N–H and O–H groups in total. The number of carbonyl (C=O) groups is 1. The normalized spacial score (nSPS) is 11.2. The Hall–Kier alpha value is -3.21. The molecule has 0 spiro atoms. The topological polar surface area (TPSA) is 57.0 Å². The Kier molecular flexibility index (Phi) is 3.50. The highest BCUT2D eigenvalue weighted by Gasteiger charge is 2.19. The Morgan fingerprint density at radius 3 is 2.60 bits per heavy atom. The summed E-state index contributed by atoms with van der Waals surface area (Å²) in [6, 6.07) is 13.7. The fourth-order valence-electron chi connectivity index (χ4n) is 3.22. The van der Waals surface area contributed by atoms with E-state index in [0.29, 0.717) is 5.69 Å². The number of ether oxygens (including phenoxy) is 1. The van der Waals surface area contributed by atoms with E-state index in [1.807, 2.05) is 55.1 Å². The van der Waals surface area contributed by atoms with Gasteiger partial charge >= 0.3 is 5.97 Å². The molecule has 4 aromatic rings. The van der Waals surface area contributed by atoms with Crippen molar-refractivity contribution in [2.45, 2.75) is 6.92 Å². The van der Waals surface area contributed by atoms with E-state index in [2.05, 4.69) is 16.0 Å². The monoisotopic (exact) mass is 331 g/mol. The molecule has 5 heteroatoms. The number of hydrogen-bond acceptors (Lipinski definition) is 4. The lowest BCUT2D eigenvalue weighted by Crippen LogP contribution is -2.06. The third-order valence-corrected chi connectivity index (χ3v) is 4.38. The van der Waals surface area contributed by atoms with Crippen LogP contribution in [-0.4, -0.2) is 27.6 Å². The predicted molar refractivity (Wildman–Crippen MR) is 97.5 cm³/mol. The van der Waals surface area contributed by atoms with Crippen LogP contribution in [0.4, 0.5) is 0 Å². The van der Waals surface area contributed by atoms with E-state index in [0.717, 1.165) is 38.8 Å². The van der Waals surface area contributed by atoms with Gasteiger partial charge in [0.15, 0.2) is 0 Å². The predicted octanol–water partition coefficient (Wildman–Crippen LogP) is 3.88. The van der Waals surface area contributed by atoms with Crippen molar-refractivity contribution in [3.63, 3.8) is 0 Å². The van der Waals surface area contributed by atoms with Gasteiger partial charge in [-0.15, -0.1) is 0 Å². The van der Waals surface area contributed by atoms with E-state index >= 15 is 0 Å². The molecule has 124 valence electrons. The van der Waals surface area contributed by atoms with Gasteiger partial charge in [0.1, 0.15) is 11.3 Å². The van der Waals surface area contributed by atoms with Crippen molar-refractivity contribution in [1.82, 2.24) is 14.5 Å². The highest BCUT2D eigenvalue weighted by atomic mass is 16.5. The van der Waals surface area contributed by atoms with Crippen LogP contribution in [0.25, 0.3) is 33.2 Å². The summed E-state index contributed by atoms with van der Waals surface area (Å²) < 4.78 is 6.92. The lowest BCUT2D eigenvalue weighted by Gasteiger charge is -2.08. The van der Waals surface area contributed by atoms with Crippen LogP contribution < -0.4 is 0 Å². The molecule has 3 heterocycles. The summed E-state index contributed by atoms with van der Waals surface area (Å²) in [5, 5.41) is 1.95. The summed E-state index contributed by atoms with van der Waals surface area (Å²) in [6.45, 7) is 2.01. The lowest BCUT2D eigenvalue weighted by atomic mass is 10.1. The van der Waals surface area contributed by atoms with Crippen LogP contribution in [0.3, 0.4) is 0 Å². The first-order chi connectivity index (χ1) is 12.1. The third kappa shape index (κ3) is 2.36. The highest BCUT2D eigenvalue weighted by Crippen LogP contribution is 2.34. The standard InChI is InChI=1S/C20H17N3O2/c1-12-9-15-14-10-16(20(24)25-3)22-17(13-7-5-4-6-8-13)18(14)23(2)19(15)21-11-12/h4-11H,1-3H3. The summed E-state index contributed by atoms with van der Waals surface area (Å²) in [4.78, 5) is 21.3. The van der Waals surface area contributed by atoms with Gasteiger partial charge < -0.3 is 9.30 Å². The second-order valence-electron chi connectivity index (χ2n) is 6.05. The minimum Gasteiger partial charge on any atom is -0.464 e. The molecule has 3 aromatic heterocycles. The molecule has 0 amide bonds. The molecule has 0 saturated carbocycles. The van der Waals surface area contributed by atoms with Crippen LogP contribution in [0, 0.1) is 6.92 Å². The average molecular weight is 331 g/mol. The summed E-state index contributed by atoms with van der Waals surface area (Å²) >= 11 is 0. The molecule has 0 aliphatic carbocycles. The summed E-state index contributed by atoms with van der Waals surface area (Å²) in [6.07, 6.45) is 1.85. The van der Waals surface area contributed by atoms with Gasteiger partial charge in [-0.3, -0.25) is 0 Å². The molecule has 0 unspecified atom stereocenters. The highest BCUT2D eigenvalue weighted by molar-refractivity contribution is 6.12. The number of fused-ring (bicyclic) bond motifs is 3. The van der Waals surface area contributed by atoms with Crippen molar-refractivity contribution in [2.24, 2.45) is 7.05 Å². The fraction of sp³-hybridized carbons (Fsp3) is 0.150. The molecule has 0 fully saturated rings. The maximum Gasteiger partial charge on any atom is 0.356 e. The van der Waals surface area contributed by atoms with Crippen LogP contribution in [0.5, 0.6) is 0 Å². The van der Waals surface area contributed by atoms with Crippen molar-refractivity contribution < 1.29 is 9.53 Å². The van der Waals surface area contributed by atoms with Gasteiger partial charge in [-0.1, -0.05) is 30.3 Å². The summed E-state index contributed by atoms with van der Waals surface area (Å²) in [5.41, 5.74) is 4.87. The van der Waals surface area contributed by atoms with Gasteiger partial charge in [-0.05, 0) is 24.6 Å². The van der Waals surface area contributed by atoms with Crippen LogP contribution in [0.1, 0.15) is 16.1 Å². The molecule has 0 aliphatic heterocycles. The quantitative estimate of drug-likeness (QED) is 0.523. The first kappa shape index (κ1) is 15.3. The smallest absolute Gasteiger partial charge is 0.356 e. The third-order valence-electron chi connectivity index (χ3n) is 4.38. The van der Waals surface area contributed by atoms with Gasteiger partial charge in [0.25, 0.3) is 0 Å².